The number of amides is 1. The van der Waals surface area contributed by atoms with E-state index in [1.54, 1.807) is 18.2 Å². The number of carbonyl (C=O) groups is 1. The predicted molar refractivity (Wildman–Crippen MR) is 133 cm³/mol. The van der Waals surface area contributed by atoms with Gasteiger partial charge in [0.05, 0.1) is 5.56 Å². The van der Waals surface area contributed by atoms with Crippen LogP contribution in [0.2, 0.25) is 0 Å². The smallest absolute Gasteiger partial charge is 0.417 e. The van der Waals surface area contributed by atoms with Crippen molar-refractivity contribution in [2.24, 2.45) is 4.40 Å². The molecule has 1 atom stereocenters. The van der Waals surface area contributed by atoms with Crippen molar-refractivity contribution in [1.29, 1.82) is 0 Å². The van der Waals surface area contributed by atoms with E-state index < -0.39 is 28.0 Å². The predicted octanol–water partition coefficient (Wildman–Crippen LogP) is 5.78. The normalized spacial score (nSPS) is 12.8. The molecule has 3 aromatic rings. The summed E-state index contributed by atoms with van der Waals surface area (Å²) >= 11 is -0.0867. The molecule has 0 spiro atoms. The van der Waals surface area contributed by atoms with Crippen LogP contribution in [-0.4, -0.2) is 35.0 Å². The molecule has 1 N–H and O–H groups in total. The number of hydrogen-bond donors (Lipinski definition) is 1. The average Bonchev–Trinajstić information content (AvgIpc) is 3.32. The van der Waals surface area contributed by atoms with Gasteiger partial charge in [0.25, 0.3) is 0 Å². The van der Waals surface area contributed by atoms with E-state index in [9.17, 15) is 13.7 Å². The Morgan fingerprint density at radius 1 is 1.18 bits per heavy atom. The van der Waals surface area contributed by atoms with Crippen LogP contribution < -0.4 is 14.8 Å². The quantitative estimate of drug-likeness (QED) is 0.238. The summed E-state index contributed by atoms with van der Waals surface area (Å²) in [6, 6.07) is 11.9. The molecule has 2 aromatic carbocycles. The number of nitrogens with zero attached hydrogens (tertiary/aromatic N) is 1. The Morgan fingerprint density at radius 2 is 1.91 bits per heavy atom. The molecule has 0 fully saturated rings. The maximum absolute atomic E-state index is 13.1. The summed E-state index contributed by atoms with van der Waals surface area (Å²) in [5.41, 5.74) is 2.05. The average molecular weight is 505 g/mol. The summed E-state index contributed by atoms with van der Waals surface area (Å²) < 4.78 is 46.1. The number of halogens is 1. The molecule has 34 heavy (non-hydrogen) atoms. The minimum absolute atomic E-state index is 0.0163. The molecule has 0 aliphatic heterocycles. The fourth-order valence-corrected chi connectivity index (χ4v) is 3.95. The first-order valence-electron chi connectivity index (χ1n) is 10.2. The Labute approximate surface area is 204 Å². The first-order valence-corrected chi connectivity index (χ1v) is 12.3. The number of thiophene rings is 1. The van der Waals surface area contributed by atoms with E-state index >= 15 is 0 Å². The minimum Gasteiger partial charge on any atom is -0.591 e. The van der Waals surface area contributed by atoms with Gasteiger partial charge < -0.3 is 18.8 Å². The molecule has 0 bridgehead atoms. The van der Waals surface area contributed by atoms with Gasteiger partial charge in [-0.3, -0.25) is 5.32 Å². The van der Waals surface area contributed by atoms with Crippen molar-refractivity contribution in [3.63, 3.8) is 0 Å². The number of anilines is 1. The third-order valence-electron chi connectivity index (χ3n) is 4.33. The molecule has 1 heterocycles. The zero-order chi connectivity index (χ0) is 24.7. The molecule has 0 radical (unpaired) electrons. The third kappa shape index (κ3) is 7.04. The number of methoxy groups -OCH3 is 1. The Morgan fingerprint density at radius 3 is 2.53 bits per heavy atom. The summed E-state index contributed by atoms with van der Waals surface area (Å²) in [4.78, 5) is 12.4. The Hall–Kier alpha value is -2.92. The van der Waals surface area contributed by atoms with E-state index in [0.29, 0.717) is 22.7 Å². The Bertz CT molecular complexity index is 1130. The number of nitrogens with one attached hydrogen (secondary N) is 1. The van der Waals surface area contributed by atoms with Crippen molar-refractivity contribution in [1.82, 2.24) is 0 Å². The number of ether oxygens (including phenoxy) is 3. The van der Waals surface area contributed by atoms with Crippen LogP contribution in [0.5, 0.6) is 11.5 Å². The van der Waals surface area contributed by atoms with Crippen LogP contribution in [0.4, 0.5) is 14.9 Å². The van der Waals surface area contributed by atoms with Gasteiger partial charge in [-0.1, -0.05) is 4.40 Å². The molecule has 10 heteroatoms. The number of hydrogen-bond acceptors (Lipinski definition) is 7. The van der Waals surface area contributed by atoms with Crippen molar-refractivity contribution in [3.8, 4) is 11.5 Å². The minimum atomic E-state index is -1.56. The Balaban J connectivity index is 1.97. The monoisotopic (exact) mass is 504 g/mol. The maximum atomic E-state index is 13.1. The summed E-state index contributed by atoms with van der Waals surface area (Å²) in [7, 11) is 1.50. The molecule has 1 unspecified atom stereocenters. The molecule has 1 aromatic heterocycles. The van der Waals surface area contributed by atoms with Crippen molar-refractivity contribution in [3.05, 3.63) is 76.2 Å². The van der Waals surface area contributed by atoms with Gasteiger partial charge in [0.2, 0.25) is 0 Å². The first kappa shape index (κ1) is 25.7. The highest BCUT2D eigenvalue weighted by molar-refractivity contribution is 7.91. The van der Waals surface area contributed by atoms with E-state index in [-0.39, 0.29) is 12.5 Å². The van der Waals surface area contributed by atoms with E-state index in [0.717, 1.165) is 5.56 Å². The van der Waals surface area contributed by atoms with Gasteiger partial charge in [0.1, 0.15) is 39.1 Å². The molecular formula is C24H25FN2O5S2. The van der Waals surface area contributed by atoms with Gasteiger partial charge in [-0.05, 0) is 74.7 Å². The van der Waals surface area contributed by atoms with Crippen LogP contribution in [0.3, 0.4) is 0 Å². The van der Waals surface area contributed by atoms with E-state index in [4.69, 9.17) is 14.2 Å². The number of carbonyl (C=O) groups excluding carboxylic acids is 1. The standard InChI is InChI=1S/C24H25FN2O5S2/c1-24(2,3)34(29)27-22(16-11-12-33-14-16)20-13-19(9-10-21(20)31-15-30-4)32-23(28)26-18-7-5-17(25)6-8-18/h5-14H,15H2,1-4H3,(H,26,28). The number of benzene rings is 2. The van der Waals surface area contributed by atoms with E-state index in [1.807, 2.05) is 37.6 Å². The third-order valence-corrected chi connectivity index (χ3v) is 6.41. The summed E-state index contributed by atoms with van der Waals surface area (Å²) in [6.45, 7) is 5.48. The van der Waals surface area contributed by atoms with Crippen molar-refractivity contribution >= 4 is 40.2 Å². The lowest BCUT2D eigenvalue weighted by Crippen LogP contribution is -2.27. The fourth-order valence-electron chi connectivity index (χ4n) is 2.67. The second kappa shape index (κ2) is 11.5. The zero-order valence-electron chi connectivity index (χ0n) is 19.2. The second-order valence-electron chi connectivity index (χ2n) is 8.04. The summed E-state index contributed by atoms with van der Waals surface area (Å²) in [6.07, 6.45) is -0.754. The van der Waals surface area contributed by atoms with Crippen molar-refractivity contribution in [2.45, 2.75) is 25.5 Å². The summed E-state index contributed by atoms with van der Waals surface area (Å²) in [5.74, 6) is 0.218. The Kier molecular flexibility index (Phi) is 8.67. The molecule has 0 saturated carbocycles. The van der Waals surface area contributed by atoms with Gasteiger partial charge >= 0.3 is 6.09 Å². The largest absolute Gasteiger partial charge is 0.591 e. The van der Waals surface area contributed by atoms with Gasteiger partial charge in [-0.25, -0.2) is 9.18 Å². The summed E-state index contributed by atoms with van der Waals surface area (Å²) in [5, 5.41) is 6.31. The lowest BCUT2D eigenvalue weighted by atomic mass is 10.0. The van der Waals surface area contributed by atoms with Gasteiger partial charge in [-0.15, -0.1) is 0 Å². The SMILES string of the molecule is COCOc1ccc(OC(=O)Nc2ccc(F)cc2)cc1C(=N[S+]([O-])C(C)(C)C)c1ccsc1. The molecule has 1 amide bonds. The van der Waals surface area contributed by atoms with E-state index in [2.05, 4.69) is 9.71 Å². The molecule has 180 valence electrons. The molecule has 0 saturated heterocycles. The van der Waals surface area contributed by atoms with Crippen molar-refractivity contribution < 1.29 is 27.9 Å². The van der Waals surface area contributed by atoms with Crippen LogP contribution in [0.15, 0.2) is 63.7 Å². The maximum Gasteiger partial charge on any atom is 0.417 e. The number of rotatable bonds is 8. The van der Waals surface area contributed by atoms with Gasteiger partial charge in [-0.2, -0.15) is 11.3 Å². The van der Waals surface area contributed by atoms with Crippen LogP contribution in [0.25, 0.3) is 0 Å². The fraction of sp³-hybridized carbons (Fsp3) is 0.250. The molecule has 7 nitrogen and oxygen atoms in total. The van der Waals surface area contributed by atoms with Crippen molar-refractivity contribution in [2.75, 3.05) is 19.2 Å². The van der Waals surface area contributed by atoms with Crippen LogP contribution >= 0.6 is 11.3 Å². The van der Waals surface area contributed by atoms with Gasteiger partial charge in [0, 0.05) is 23.7 Å². The highest BCUT2D eigenvalue weighted by atomic mass is 32.2. The van der Waals surface area contributed by atoms with Gasteiger partial charge in [0.15, 0.2) is 6.79 Å². The molecular weight excluding hydrogens is 479 g/mol. The molecule has 3 rings (SSSR count). The van der Waals surface area contributed by atoms with Crippen LogP contribution in [0.1, 0.15) is 31.9 Å². The highest BCUT2D eigenvalue weighted by Gasteiger charge is 2.29. The first-order chi connectivity index (χ1) is 16.2. The second-order valence-corrected chi connectivity index (χ2v) is 10.7. The lowest BCUT2D eigenvalue weighted by Gasteiger charge is -2.20. The molecule has 0 aliphatic carbocycles. The van der Waals surface area contributed by atoms with Crippen LogP contribution in [0, 0.1) is 5.82 Å². The highest BCUT2D eigenvalue weighted by Crippen LogP contribution is 2.30. The van der Waals surface area contributed by atoms with E-state index in [1.165, 1.54) is 42.7 Å². The zero-order valence-corrected chi connectivity index (χ0v) is 20.8. The van der Waals surface area contributed by atoms with Crippen LogP contribution in [-0.2, 0) is 16.1 Å². The molecule has 0 aliphatic rings. The topological polar surface area (TPSA) is 92.2 Å². The lowest BCUT2D eigenvalue weighted by molar-refractivity contribution is 0.0509.